The molecule has 0 saturated heterocycles. The van der Waals surface area contributed by atoms with Gasteiger partial charge in [-0.2, -0.15) is 0 Å². The van der Waals surface area contributed by atoms with Gasteiger partial charge >= 0.3 is 0 Å². The van der Waals surface area contributed by atoms with Crippen molar-refractivity contribution in [3.63, 3.8) is 0 Å². The molecule has 11 aromatic carbocycles. The largest absolute Gasteiger partial charge is 0.453 e. The van der Waals surface area contributed by atoms with E-state index in [2.05, 4.69) is 228 Å². The summed E-state index contributed by atoms with van der Waals surface area (Å²) in [5, 5.41) is 7.23. The van der Waals surface area contributed by atoms with Crippen LogP contribution in [-0.4, -0.2) is 0 Å². The smallest absolute Gasteiger partial charge is 0.151 e. The molecule has 0 amide bonds. The van der Waals surface area contributed by atoms with Crippen molar-refractivity contribution in [2.24, 2.45) is 0 Å². The van der Waals surface area contributed by atoms with Crippen LogP contribution in [0.4, 0.5) is 34.1 Å². The third-order valence-electron chi connectivity index (χ3n) is 13.2. The van der Waals surface area contributed by atoms with Crippen molar-refractivity contribution in [3.05, 3.63) is 242 Å². The van der Waals surface area contributed by atoms with Crippen LogP contribution in [0.1, 0.15) is 11.1 Å². The summed E-state index contributed by atoms with van der Waals surface area (Å²) in [4.78, 5) is 4.82. The van der Waals surface area contributed by atoms with Crippen LogP contribution < -0.4 is 14.5 Å². The van der Waals surface area contributed by atoms with Crippen molar-refractivity contribution < 1.29 is 4.74 Å². The molecule has 0 saturated carbocycles. The van der Waals surface area contributed by atoms with Gasteiger partial charge in [0.1, 0.15) is 0 Å². The van der Waals surface area contributed by atoms with Crippen LogP contribution in [0.25, 0.3) is 65.7 Å². The summed E-state index contributed by atoms with van der Waals surface area (Å²) >= 11 is 0. The summed E-state index contributed by atoms with van der Waals surface area (Å²) in [5.74, 6) is 1.67. The molecule has 3 heteroatoms. The number of nitrogens with zero attached hydrogens (tertiary/aromatic N) is 2. The highest BCUT2D eigenvalue weighted by molar-refractivity contribution is 6.23. The first-order valence-corrected chi connectivity index (χ1v) is 22.0. The monoisotopic (exact) mass is 816 g/mol. The number of para-hydroxylation sites is 6. The summed E-state index contributed by atoms with van der Waals surface area (Å²) in [6.07, 6.45) is 0.910. The van der Waals surface area contributed by atoms with E-state index in [-0.39, 0.29) is 0 Å². The van der Waals surface area contributed by atoms with E-state index in [0.717, 1.165) is 40.7 Å². The Labute approximate surface area is 372 Å². The molecule has 0 unspecified atom stereocenters. The van der Waals surface area contributed by atoms with Crippen LogP contribution in [0.3, 0.4) is 0 Å². The molecule has 3 nitrogen and oxygen atoms in total. The van der Waals surface area contributed by atoms with E-state index < -0.39 is 0 Å². The summed E-state index contributed by atoms with van der Waals surface area (Å²) in [5.41, 5.74) is 16.5. The van der Waals surface area contributed by atoms with Gasteiger partial charge in [-0.05, 0) is 144 Å². The Kier molecular flexibility index (Phi) is 8.28. The molecule has 13 rings (SSSR count). The van der Waals surface area contributed by atoms with Gasteiger partial charge in [0.05, 0.1) is 11.4 Å². The van der Waals surface area contributed by atoms with Gasteiger partial charge in [0.25, 0.3) is 0 Å². The van der Waals surface area contributed by atoms with Crippen molar-refractivity contribution in [2.45, 2.75) is 6.42 Å². The molecule has 2 heterocycles. The summed E-state index contributed by atoms with van der Waals surface area (Å²) in [6, 6.07) is 84.1. The number of rotatable bonds is 5. The first kappa shape index (κ1) is 36.3. The molecule has 64 heavy (non-hydrogen) atoms. The lowest BCUT2D eigenvalue weighted by atomic mass is 9.84. The predicted molar refractivity (Wildman–Crippen MR) is 268 cm³/mol. The average molecular weight is 817 g/mol. The maximum Gasteiger partial charge on any atom is 0.151 e. The molecule has 0 bridgehead atoms. The van der Waals surface area contributed by atoms with Gasteiger partial charge < -0.3 is 14.5 Å². The van der Waals surface area contributed by atoms with E-state index in [1.807, 2.05) is 12.1 Å². The Morgan fingerprint density at radius 3 is 1.38 bits per heavy atom. The molecule has 0 N–H and O–H groups in total. The fraction of sp³-hybridized carbons (Fsp3) is 0.0164. The lowest BCUT2D eigenvalue weighted by Crippen LogP contribution is -2.18. The molecule has 2 aliphatic heterocycles. The van der Waals surface area contributed by atoms with Gasteiger partial charge in [0, 0.05) is 29.2 Å². The van der Waals surface area contributed by atoms with Crippen LogP contribution in [-0.2, 0) is 6.42 Å². The van der Waals surface area contributed by atoms with Crippen molar-refractivity contribution in [2.75, 3.05) is 9.80 Å². The Hall–Kier alpha value is -8.40. The van der Waals surface area contributed by atoms with E-state index in [9.17, 15) is 0 Å². The quantitative estimate of drug-likeness (QED) is 0.161. The second-order valence-corrected chi connectivity index (χ2v) is 16.9. The van der Waals surface area contributed by atoms with Crippen LogP contribution in [0, 0.1) is 0 Å². The lowest BCUT2D eigenvalue weighted by molar-refractivity contribution is 0.477. The average Bonchev–Trinajstić information content (AvgIpc) is 3.36. The Morgan fingerprint density at radius 2 is 0.750 bits per heavy atom. The molecule has 0 spiro atoms. The molecular formula is C61H40N2O. The number of anilines is 6. The van der Waals surface area contributed by atoms with Crippen molar-refractivity contribution in [3.8, 4) is 44.9 Å². The maximum atomic E-state index is 6.49. The molecule has 300 valence electrons. The van der Waals surface area contributed by atoms with Crippen molar-refractivity contribution in [1.82, 2.24) is 0 Å². The van der Waals surface area contributed by atoms with Gasteiger partial charge in [0.2, 0.25) is 0 Å². The van der Waals surface area contributed by atoms with E-state index in [0.29, 0.717) is 0 Å². The van der Waals surface area contributed by atoms with Crippen molar-refractivity contribution in [1.29, 1.82) is 0 Å². The third-order valence-corrected chi connectivity index (χ3v) is 13.2. The lowest BCUT2D eigenvalue weighted by Gasteiger charge is -2.34. The van der Waals surface area contributed by atoms with Crippen LogP contribution in [0.15, 0.2) is 231 Å². The van der Waals surface area contributed by atoms with Gasteiger partial charge in [-0.3, -0.25) is 0 Å². The predicted octanol–water partition coefficient (Wildman–Crippen LogP) is 17.1. The molecule has 0 fully saturated rings. The molecule has 2 aliphatic rings. The van der Waals surface area contributed by atoms with Crippen LogP contribution in [0.2, 0.25) is 0 Å². The Balaban J connectivity index is 1.13. The van der Waals surface area contributed by atoms with Crippen LogP contribution >= 0.6 is 0 Å². The van der Waals surface area contributed by atoms with Crippen LogP contribution in [0.5, 0.6) is 11.5 Å². The molecule has 0 atom stereocenters. The SMILES string of the molecule is c1ccc(-c2ccc(-c3c4ccc(N5c6ccccc6Cc6ccccc65)cc4c(-c4ccc5ccccc5c4)c4ccc(N5c6ccccc6Oc6ccccc65)cc34)cc2)cc1. The summed E-state index contributed by atoms with van der Waals surface area (Å²) < 4.78 is 6.49. The first-order valence-electron chi connectivity index (χ1n) is 22.0. The highest BCUT2D eigenvalue weighted by Crippen LogP contribution is 2.53. The van der Waals surface area contributed by atoms with E-state index in [1.54, 1.807) is 0 Å². The normalized spacial score (nSPS) is 12.7. The second kappa shape index (κ2) is 14.6. The maximum absolute atomic E-state index is 6.49. The highest BCUT2D eigenvalue weighted by atomic mass is 16.5. The minimum absolute atomic E-state index is 0.835. The zero-order valence-corrected chi connectivity index (χ0v) is 34.9. The minimum Gasteiger partial charge on any atom is -0.453 e. The highest BCUT2D eigenvalue weighted by Gasteiger charge is 2.28. The Bertz CT molecular complexity index is 3540. The molecular weight excluding hydrogens is 777 g/mol. The minimum atomic E-state index is 0.835. The topological polar surface area (TPSA) is 15.7 Å². The molecule has 0 aliphatic carbocycles. The van der Waals surface area contributed by atoms with Gasteiger partial charge in [-0.15, -0.1) is 0 Å². The van der Waals surface area contributed by atoms with Gasteiger partial charge in [0.15, 0.2) is 11.5 Å². The third kappa shape index (κ3) is 5.82. The number of benzene rings is 11. The number of fused-ring (bicyclic) bond motifs is 7. The fourth-order valence-corrected chi connectivity index (χ4v) is 10.3. The van der Waals surface area contributed by atoms with E-state index in [1.165, 1.54) is 88.2 Å². The Morgan fingerprint density at radius 1 is 0.297 bits per heavy atom. The zero-order valence-electron chi connectivity index (χ0n) is 34.9. The molecule has 0 aromatic heterocycles. The van der Waals surface area contributed by atoms with Gasteiger partial charge in [-0.1, -0.05) is 164 Å². The standard InChI is InChI=1S/C61H40N2O/c1-2-14-40(15-3-1)42-26-29-43(30-27-42)60-50-34-32-48(62-54-20-8-6-18-45(54)37-46-19-7-9-21-55(46)62)38-53(50)61(47-31-28-41-16-4-5-17-44(41)36-47)51-35-33-49(39-52(51)60)63-56-22-10-12-24-58(56)64-59-25-13-11-23-57(59)63/h1-36,38-39H,37H2. The molecule has 0 radical (unpaired) electrons. The number of hydrogen-bond acceptors (Lipinski definition) is 3. The molecule has 11 aromatic rings. The fourth-order valence-electron chi connectivity index (χ4n) is 10.3. The number of ether oxygens (including phenoxy) is 1. The van der Waals surface area contributed by atoms with E-state index in [4.69, 9.17) is 4.74 Å². The summed E-state index contributed by atoms with van der Waals surface area (Å²) in [6.45, 7) is 0. The number of hydrogen-bond donors (Lipinski definition) is 0. The summed E-state index contributed by atoms with van der Waals surface area (Å²) in [7, 11) is 0. The first-order chi connectivity index (χ1) is 31.7. The van der Waals surface area contributed by atoms with Gasteiger partial charge in [-0.25, -0.2) is 0 Å². The van der Waals surface area contributed by atoms with E-state index >= 15 is 0 Å². The van der Waals surface area contributed by atoms with Crippen molar-refractivity contribution >= 4 is 66.4 Å². The second-order valence-electron chi connectivity index (χ2n) is 16.9. The zero-order chi connectivity index (χ0) is 42.1.